The number of anilines is 2. The summed E-state index contributed by atoms with van der Waals surface area (Å²) in [6.45, 7) is 3.55. The monoisotopic (exact) mass is 384 g/mol. The van der Waals surface area contributed by atoms with E-state index in [1.165, 1.54) is 31.2 Å². The third-order valence-corrected chi connectivity index (χ3v) is 3.72. The van der Waals surface area contributed by atoms with Crippen molar-refractivity contribution in [2.24, 2.45) is 5.10 Å². The van der Waals surface area contributed by atoms with E-state index in [1.54, 1.807) is 12.1 Å². The van der Waals surface area contributed by atoms with Gasteiger partial charge in [0, 0.05) is 17.1 Å². The van der Waals surface area contributed by atoms with Crippen LogP contribution in [0.15, 0.2) is 53.6 Å². The van der Waals surface area contributed by atoms with Gasteiger partial charge in [-0.15, -0.1) is 0 Å². The van der Waals surface area contributed by atoms with Crippen molar-refractivity contribution in [2.75, 3.05) is 10.6 Å². The van der Waals surface area contributed by atoms with Crippen molar-refractivity contribution in [3.63, 3.8) is 0 Å². The first-order valence-electron chi connectivity index (χ1n) is 8.66. The van der Waals surface area contributed by atoms with Crippen molar-refractivity contribution in [3.05, 3.63) is 59.9 Å². The van der Waals surface area contributed by atoms with E-state index in [9.17, 15) is 18.8 Å². The van der Waals surface area contributed by atoms with Gasteiger partial charge >= 0.3 is 11.8 Å². The first-order valence-corrected chi connectivity index (χ1v) is 8.66. The van der Waals surface area contributed by atoms with Crippen molar-refractivity contribution >= 4 is 34.8 Å². The molecule has 7 nitrogen and oxygen atoms in total. The lowest BCUT2D eigenvalue weighted by Crippen LogP contribution is -2.33. The highest BCUT2D eigenvalue weighted by Gasteiger charge is 2.13. The van der Waals surface area contributed by atoms with Crippen LogP contribution in [0.3, 0.4) is 0 Å². The molecule has 0 fully saturated rings. The second kappa shape index (κ2) is 9.96. The molecule has 2 rings (SSSR count). The van der Waals surface area contributed by atoms with E-state index in [0.29, 0.717) is 17.1 Å². The van der Waals surface area contributed by atoms with E-state index in [1.807, 2.05) is 19.1 Å². The summed E-state index contributed by atoms with van der Waals surface area (Å²) >= 11 is 0. The lowest BCUT2D eigenvalue weighted by atomic mass is 10.1. The maximum absolute atomic E-state index is 12.8. The number of aryl methyl sites for hydroxylation is 1. The summed E-state index contributed by atoms with van der Waals surface area (Å²) in [6.07, 6.45) is 0.773. The predicted molar refractivity (Wildman–Crippen MR) is 105 cm³/mol. The molecule has 3 N–H and O–H groups in total. The van der Waals surface area contributed by atoms with E-state index >= 15 is 0 Å². The Hall–Kier alpha value is -3.55. The van der Waals surface area contributed by atoms with Crippen molar-refractivity contribution in [1.82, 2.24) is 5.43 Å². The number of hydrogen-bond acceptors (Lipinski definition) is 4. The third kappa shape index (κ3) is 6.64. The van der Waals surface area contributed by atoms with E-state index in [-0.39, 0.29) is 12.3 Å². The quantitative estimate of drug-likeness (QED) is 0.406. The normalized spacial score (nSPS) is 10.9. The smallest absolute Gasteiger partial charge is 0.326 e. The number of benzene rings is 2. The summed E-state index contributed by atoms with van der Waals surface area (Å²) in [4.78, 5) is 35.6. The van der Waals surface area contributed by atoms with Crippen LogP contribution in [0.5, 0.6) is 0 Å². The van der Waals surface area contributed by atoms with Crippen LogP contribution in [0, 0.1) is 5.82 Å². The van der Waals surface area contributed by atoms with Gasteiger partial charge in [0.25, 0.3) is 0 Å². The summed E-state index contributed by atoms with van der Waals surface area (Å²) in [6, 6.07) is 12.4. The van der Waals surface area contributed by atoms with Gasteiger partial charge in [0.1, 0.15) is 5.82 Å². The fourth-order valence-electron chi connectivity index (χ4n) is 2.22. The average molecular weight is 384 g/mol. The number of rotatable bonds is 6. The van der Waals surface area contributed by atoms with Gasteiger partial charge in [0.15, 0.2) is 0 Å². The summed E-state index contributed by atoms with van der Waals surface area (Å²) in [5, 5.41) is 8.78. The Balaban J connectivity index is 1.81. The molecule has 2 aromatic rings. The highest BCUT2D eigenvalue weighted by molar-refractivity contribution is 6.39. The van der Waals surface area contributed by atoms with Crippen LogP contribution in [-0.4, -0.2) is 23.4 Å². The molecule has 0 spiro atoms. The highest BCUT2D eigenvalue weighted by atomic mass is 19.1. The van der Waals surface area contributed by atoms with Crippen LogP contribution >= 0.6 is 0 Å². The number of amides is 3. The first-order chi connectivity index (χ1) is 13.4. The Bertz CT molecular complexity index is 877. The van der Waals surface area contributed by atoms with Gasteiger partial charge in [0.2, 0.25) is 5.91 Å². The van der Waals surface area contributed by atoms with Gasteiger partial charge in [-0.2, -0.15) is 5.10 Å². The van der Waals surface area contributed by atoms with Crippen LogP contribution in [0.2, 0.25) is 0 Å². The molecule has 0 aliphatic heterocycles. The van der Waals surface area contributed by atoms with E-state index in [4.69, 9.17) is 0 Å². The van der Waals surface area contributed by atoms with Crippen molar-refractivity contribution < 1.29 is 18.8 Å². The number of hydrazone groups is 1. The van der Waals surface area contributed by atoms with Crippen LogP contribution in [0.25, 0.3) is 0 Å². The first kappa shape index (κ1) is 20.8. The fraction of sp³-hybridized carbons (Fsp3) is 0.200. The van der Waals surface area contributed by atoms with E-state index < -0.39 is 17.6 Å². The topological polar surface area (TPSA) is 99.7 Å². The Labute approximate surface area is 162 Å². The zero-order valence-electron chi connectivity index (χ0n) is 15.6. The molecule has 0 saturated carbocycles. The Morgan fingerprint density at radius 3 is 2.07 bits per heavy atom. The van der Waals surface area contributed by atoms with Gasteiger partial charge in [-0.3, -0.25) is 14.4 Å². The standard InChI is InChI=1S/C20H21FN4O3/c1-3-14-4-8-17(9-5-14)23-19(27)20(28)25-24-13(2)12-18(26)22-16-10-6-15(21)7-11-16/h4-11H,3,12H2,1-2H3,(H,22,26)(H,23,27)(H,25,28)/b24-13-. The van der Waals surface area contributed by atoms with Gasteiger partial charge in [0.05, 0.1) is 6.42 Å². The summed E-state index contributed by atoms with van der Waals surface area (Å²) < 4.78 is 12.8. The number of halogens is 1. The molecule has 0 aliphatic rings. The van der Waals surface area contributed by atoms with Crippen LogP contribution < -0.4 is 16.1 Å². The maximum atomic E-state index is 12.8. The molecule has 28 heavy (non-hydrogen) atoms. The molecular formula is C20H21FN4O3. The molecule has 2 aromatic carbocycles. The minimum atomic E-state index is -0.946. The average Bonchev–Trinajstić information content (AvgIpc) is 2.68. The van der Waals surface area contributed by atoms with Crippen molar-refractivity contribution in [3.8, 4) is 0 Å². The predicted octanol–water partition coefficient (Wildman–Crippen LogP) is 2.85. The molecule has 8 heteroatoms. The molecule has 0 heterocycles. The van der Waals surface area contributed by atoms with E-state index in [2.05, 4.69) is 21.2 Å². The minimum Gasteiger partial charge on any atom is -0.326 e. The van der Waals surface area contributed by atoms with Crippen molar-refractivity contribution in [1.29, 1.82) is 0 Å². The molecule has 3 amide bonds. The number of nitrogens with zero attached hydrogens (tertiary/aromatic N) is 1. The molecule has 0 radical (unpaired) electrons. The zero-order valence-corrected chi connectivity index (χ0v) is 15.6. The largest absolute Gasteiger partial charge is 0.329 e. The second-order valence-corrected chi connectivity index (χ2v) is 6.02. The lowest BCUT2D eigenvalue weighted by Gasteiger charge is -2.06. The fourth-order valence-corrected chi connectivity index (χ4v) is 2.22. The van der Waals surface area contributed by atoms with Crippen LogP contribution in [0.1, 0.15) is 25.8 Å². The number of carbonyl (C=O) groups is 3. The second-order valence-electron chi connectivity index (χ2n) is 6.02. The Morgan fingerprint density at radius 2 is 1.46 bits per heavy atom. The lowest BCUT2D eigenvalue weighted by molar-refractivity contribution is -0.136. The maximum Gasteiger partial charge on any atom is 0.329 e. The summed E-state index contributed by atoms with van der Waals surface area (Å²) in [5.41, 5.74) is 4.46. The molecule has 0 aliphatic carbocycles. The number of nitrogens with one attached hydrogen (secondary N) is 3. The van der Waals surface area contributed by atoms with Gasteiger partial charge in [-0.1, -0.05) is 19.1 Å². The molecule has 0 aromatic heterocycles. The zero-order chi connectivity index (χ0) is 20.5. The molecule has 0 unspecified atom stereocenters. The Kier molecular flexibility index (Phi) is 7.38. The minimum absolute atomic E-state index is 0.0994. The van der Waals surface area contributed by atoms with Crippen LogP contribution in [0.4, 0.5) is 15.8 Å². The van der Waals surface area contributed by atoms with Gasteiger partial charge < -0.3 is 10.6 Å². The third-order valence-electron chi connectivity index (χ3n) is 3.72. The molecule has 0 saturated heterocycles. The van der Waals surface area contributed by atoms with Crippen molar-refractivity contribution in [2.45, 2.75) is 26.7 Å². The van der Waals surface area contributed by atoms with E-state index in [0.717, 1.165) is 12.0 Å². The molecule has 0 bridgehead atoms. The van der Waals surface area contributed by atoms with Gasteiger partial charge in [-0.25, -0.2) is 9.82 Å². The van der Waals surface area contributed by atoms with Gasteiger partial charge in [-0.05, 0) is 55.3 Å². The SMILES string of the molecule is CCc1ccc(NC(=O)C(=O)N/N=C(/C)CC(=O)Nc2ccc(F)cc2)cc1. The summed E-state index contributed by atoms with van der Waals surface area (Å²) in [5.74, 6) is -2.60. The molecule has 0 atom stereocenters. The molecule has 146 valence electrons. The summed E-state index contributed by atoms with van der Waals surface area (Å²) in [7, 11) is 0. The highest BCUT2D eigenvalue weighted by Crippen LogP contribution is 2.10. The van der Waals surface area contributed by atoms with Crippen LogP contribution in [-0.2, 0) is 20.8 Å². The number of carbonyl (C=O) groups excluding carboxylic acids is 3. The molecular weight excluding hydrogens is 363 g/mol. The Morgan fingerprint density at radius 1 is 0.893 bits per heavy atom. The number of hydrogen-bond donors (Lipinski definition) is 3.